The number of nitrogens with zero attached hydrogens (tertiary/aromatic N) is 1. The van der Waals surface area contributed by atoms with Crippen molar-refractivity contribution in [2.75, 3.05) is 5.32 Å². The molecular formula is C21H15ClFN3O2. The fourth-order valence-electron chi connectivity index (χ4n) is 2.34. The number of carbonyl (C=O) groups is 2. The van der Waals surface area contributed by atoms with Gasteiger partial charge in [0, 0.05) is 27.4 Å². The minimum atomic E-state index is -0.458. The number of amides is 2. The van der Waals surface area contributed by atoms with Gasteiger partial charge in [-0.05, 0) is 48.5 Å². The van der Waals surface area contributed by atoms with Crippen LogP contribution in [0.2, 0.25) is 5.02 Å². The Hall–Kier alpha value is -3.51. The molecule has 0 aliphatic rings. The van der Waals surface area contributed by atoms with Crippen LogP contribution in [0.15, 0.2) is 77.9 Å². The molecule has 0 aliphatic carbocycles. The summed E-state index contributed by atoms with van der Waals surface area (Å²) in [6.45, 7) is 0. The minimum absolute atomic E-state index is 0.266. The summed E-state index contributed by atoms with van der Waals surface area (Å²) in [7, 11) is 0. The molecule has 2 N–H and O–H groups in total. The zero-order chi connectivity index (χ0) is 19.9. The molecule has 0 spiro atoms. The van der Waals surface area contributed by atoms with Crippen LogP contribution in [-0.4, -0.2) is 18.0 Å². The third-order valence-electron chi connectivity index (χ3n) is 3.77. The predicted molar refractivity (Wildman–Crippen MR) is 107 cm³/mol. The molecule has 0 heterocycles. The summed E-state index contributed by atoms with van der Waals surface area (Å²) in [4.78, 5) is 24.3. The Bertz CT molecular complexity index is 1040. The molecule has 2 amide bonds. The van der Waals surface area contributed by atoms with Crippen molar-refractivity contribution in [3.8, 4) is 0 Å². The number of nitrogens with one attached hydrogen (secondary N) is 2. The molecule has 140 valence electrons. The summed E-state index contributed by atoms with van der Waals surface area (Å²) < 4.78 is 13.5. The molecule has 0 aliphatic heterocycles. The van der Waals surface area contributed by atoms with E-state index in [1.165, 1.54) is 12.3 Å². The fraction of sp³-hybridized carbons (Fsp3) is 0. The lowest BCUT2D eigenvalue weighted by atomic mass is 10.1. The number of hydrogen-bond acceptors (Lipinski definition) is 3. The maximum absolute atomic E-state index is 13.5. The molecule has 0 fully saturated rings. The first-order valence-electron chi connectivity index (χ1n) is 8.28. The molecule has 7 heteroatoms. The van der Waals surface area contributed by atoms with Crippen LogP contribution in [0.25, 0.3) is 0 Å². The zero-order valence-electron chi connectivity index (χ0n) is 14.5. The van der Waals surface area contributed by atoms with E-state index < -0.39 is 11.7 Å². The van der Waals surface area contributed by atoms with Gasteiger partial charge in [-0.15, -0.1) is 0 Å². The topological polar surface area (TPSA) is 70.6 Å². The molecule has 3 aromatic rings. The van der Waals surface area contributed by atoms with E-state index in [-0.39, 0.29) is 11.5 Å². The largest absolute Gasteiger partial charge is 0.322 e. The Morgan fingerprint density at radius 3 is 2.36 bits per heavy atom. The summed E-state index contributed by atoms with van der Waals surface area (Å²) >= 11 is 5.88. The lowest BCUT2D eigenvalue weighted by Crippen LogP contribution is -2.18. The van der Waals surface area contributed by atoms with E-state index in [0.717, 1.165) is 0 Å². The zero-order valence-corrected chi connectivity index (χ0v) is 15.3. The number of rotatable bonds is 5. The van der Waals surface area contributed by atoms with Crippen molar-refractivity contribution >= 4 is 35.3 Å². The standard InChI is InChI=1S/C21H15ClFN3O2/c22-17-6-3-5-15(12-17)20(27)25-18-10-8-14(9-11-18)21(28)26-24-13-16-4-1-2-7-19(16)23/h1-13H,(H,25,27)(H,26,28)/b24-13+. The third-order valence-corrected chi connectivity index (χ3v) is 4.00. The molecule has 0 unspecified atom stereocenters. The van der Waals surface area contributed by atoms with Gasteiger partial charge in [0.2, 0.25) is 0 Å². The Morgan fingerprint density at radius 2 is 1.64 bits per heavy atom. The van der Waals surface area contributed by atoms with Crippen molar-refractivity contribution in [3.63, 3.8) is 0 Å². The number of carbonyl (C=O) groups excluding carboxylic acids is 2. The van der Waals surface area contributed by atoms with E-state index in [0.29, 0.717) is 21.8 Å². The van der Waals surface area contributed by atoms with E-state index >= 15 is 0 Å². The number of anilines is 1. The number of hydrogen-bond donors (Lipinski definition) is 2. The molecule has 0 bridgehead atoms. The maximum Gasteiger partial charge on any atom is 0.271 e. The fourth-order valence-corrected chi connectivity index (χ4v) is 2.53. The van der Waals surface area contributed by atoms with E-state index in [2.05, 4.69) is 15.8 Å². The molecule has 0 radical (unpaired) electrons. The minimum Gasteiger partial charge on any atom is -0.322 e. The Morgan fingerprint density at radius 1 is 0.893 bits per heavy atom. The Labute approximate surface area is 165 Å². The molecule has 0 aromatic heterocycles. The van der Waals surface area contributed by atoms with Crippen molar-refractivity contribution in [2.45, 2.75) is 0 Å². The van der Waals surface area contributed by atoms with Gasteiger partial charge < -0.3 is 5.32 Å². The average Bonchev–Trinajstić information content (AvgIpc) is 2.70. The van der Waals surface area contributed by atoms with Crippen molar-refractivity contribution < 1.29 is 14.0 Å². The third kappa shape index (κ3) is 5.02. The number of hydrazone groups is 1. The highest BCUT2D eigenvalue weighted by Crippen LogP contribution is 2.14. The van der Waals surface area contributed by atoms with Crippen LogP contribution >= 0.6 is 11.6 Å². The van der Waals surface area contributed by atoms with Crippen molar-refractivity contribution in [3.05, 3.63) is 100 Å². The maximum atomic E-state index is 13.5. The van der Waals surface area contributed by atoms with Crippen molar-refractivity contribution in [1.82, 2.24) is 5.43 Å². The van der Waals surface area contributed by atoms with Gasteiger partial charge in [0.05, 0.1) is 6.21 Å². The normalized spacial score (nSPS) is 10.6. The second-order valence-corrected chi connectivity index (χ2v) is 6.20. The predicted octanol–water partition coefficient (Wildman–Crippen LogP) is 4.50. The lowest BCUT2D eigenvalue weighted by molar-refractivity contribution is 0.0954. The second-order valence-electron chi connectivity index (χ2n) is 5.76. The van der Waals surface area contributed by atoms with Crippen LogP contribution in [0.4, 0.5) is 10.1 Å². The quantitative estimate of drug-likeness (QED) is 0.493. The molecule has 3 rings (SSSR count). The summed E-state index contributed by atoms with van der Waals surface area (Å²) in [6.07, 6.45) is 1.23. The monoisotopic (exact) mass is 395 g/mol. The van der Waals surface area contributed by atoms with Crippen LogP contribution < -0.4 is 10.7 Å². The van der Waals surface area contributed by atoms with Gasteiger partial charge in [-0.25, -0.2) is 9.82 Å². The molecule has 5 nitrogen and oxygen atoms in total. The molecule has 3 aromatic carbocycles. The second kappa shape index (κ2) is 8.92. The van der Waals surface area contributed by atoms with Gasteiger partial charge in [0.1, 0.15) is 5.82 Å². The highest BCUT2D eigenvalue weighted by Gasteiger charge is 2.08. The molecule has 0 atom stereocenters. The van der Waals surface area contributed by atoms with Gasteiger partial charge in [-0.1, -0.05) is 35.9 Å². The van der Waals surface area contributed by atoms with Gasteiger partial charge in [0.15, 0.2) is 0 Å². The average molecular weight is 396 g/mol. The van der Waals surface area contributed by atoms with Crippen LogP contribution in [-0.2, 0) is 0 Å². The molecule has 0 saturated heterocycles. The van der Waals surface area contributed by atoms with Crippen molar-refractivity contribution in [1.29, 1.82) is 0 Å². The Balaban J connectivity index is 1.60. The summed E-state index contributed by atoms with van der Waals surface area (Å²) in [5, 5.41) is 6.94. The summed E-state index contributed by atoms with van der Waals surface area (Å²) in [5.41, 5.74) is 3.89. The lowest BCUT2D eigenvalue weighted by Gasteiger charge is -2.06. The van der Waals surface area contributed by atoms with Crippen LogP contribution in [0, 0.1) is 5.82 Å². The van der Waals surface area contributed by atoms with Gasteiger partial charge in [-0.3, -0.25) is 9.59 Å². The summed E-state index contributed by atoms with van der Waals surface area (Å²) in [6, 6.07) is 18.9. The Kier molecular flexibility index (Phi) is 6.14. The first-order chi connectivity index (χ1) is 13.5. The van der Waals surface area contributed by atoms with E-state index in [1.54, 1.807) is 66.7 Å². The summed E-state index contributed by atoms with van der Waals surface area (Å²) in [5.74, 6) is -1.20. The van der Waals surface area contributed by atoms with Gasteiger partial charge in [0.25, 0.3) is 11.8 Å². The van der Waals surface area contributed by atoms with Crippen LogP contribution in [0.3, 0.4) is 0 Å². The number of halogens is 2. The molecule has 0 saturated carbocycles. The molecule has 28 heavy (non-hydrogen) atoms. The highest BCUT2D eigenvalue weighted by atomic mass is 35.5. The van der Waals surface area contributed by atoms with E-state index in [9.17, 15) is 14.0 Å². The van der Waals surface area contributed by atoms with Gasteiger partial charge in [-0.2, -0.15) is 5.10 Å². The first-order valence-corrected chi connectivity index (χ1v) is 8.65. The van der Waals surface area contributed by atoms with Crippen LogP contribution in [0.5, 0.6) is 0 Å². The number of benzene rings is 3. The van der Waals surface area contributed by atoms with Crippen LogP contribution in [0.1, 0.15) is 26.3 Å². The molecular weight excluding hydrogens is 381 g/mol. The SMILES string of the molecule is O=C(N/N=C/c1ccccc1F)c1ccc(NC(=O)c2cccc(Cl)c2)cc1. The highest BCUT2D eigenvalue weighted by molar-refractivity contribution is 6.31. The van der Waals surface area contributed by atoms with E-state index in [4.69, 9.17) is 11.6 Å². The smallest absolute Gasteiger partial charge is 0.271 e. The van der Waals surface area contributed by atoms with Gasteiger partial charge >= 0.3 is 0 Å². The van der Waals surface area contributed by atoms with E-state index in [1.807, 2.05) is 0 Å². The first kappa shape index (κ1) is 19.3. The van der Waals surface area contributed by atoms with Crippen molar-refractivity contribution in [2.24, 2.45) is 5.10 Å².